The fourth-order valence-electron chi connectivity index (χ4n) is 6.42. The molecule has 10 heteroatoms. The highest BCUT2D eigenvalue weighted by Crippen LogP contribution is 2.58. The number of H-pyrrole nitrogens is 1. The molecule has 34 heavy (non-hydrogen) atoms. The molecule has 2 aromatic heterocycles. The second-order valence-electron chi connectivity index (χ2n) is 11.0. The molecular formula is C24H30N6O4. The van der Waals surface area contributed by atoms with Gasteiger partial charge < -0.3 is 19.9 Å². The Bertz CT molecular complexity index is 1120. The van der Waals surface area contributed by atoms with Gasteiger partial charge in [-0.15, -0.1) is 5.10 Å². The van der Waals surface area contributed by atoms with Gasteiger partial charge in [0.2, 0.25) is 11.9 Å². The summed E-state index contributed by atoms with van der Waals surface area (Å²) in [6.07, 6.45) is 10.3. The van der Waals surface area contributed by atoms with Gasteiger partial charge in [0.25, 0.3) is 5.88 Å². The van der Waals surface area contributed by atoms with E-state index in [0.29, 0.717) is 47.7 Å². The predicted octanol–water partition coefficient (Wildman–Crippen LogP) is 2.43. The topological polar surface area (TPSA) is 125 Å². The summed E-state index contributed by atoms with van der Waals surface area (Å²) in [5.74, 6) is 2.25. The van der Waals surface area contributed by atoms with Crippen molar-refractivity contribution in [3.05, 3.63) is 18.0 Å². The largest absolute Gasteiger partial charge is 0.475 e. The van der Waals surface area contributed by atoms with Crippen molar-refractivity contribution in [2.45, 2.75) is 68.9 Å². The second kappa shape index (κ2) is 7.39. The Labute approximate surface area is 197 Å². The van der Waals surface area contributed by atoms with Gasteiger partial charge >= 0.3 is 0 Å². The van der Waals surface area contributed by atoms with Crippen LogP contribution in [0.2, 0.25) is 0 Å². The molecule has 5 aliphatic rings. The maximum absolute atomic E-state index is 13.4. The predicted molar refractivity (Wildman–Crippen MR) is 122 cm³/mol. The lowest BCUT2D eigenvalue weighted by atomic mass is 9.61. The van der Waals surface area contributed by atoms with E-state index in [1.54, 1.807) is 12.4 Å². The van der Waals surface area contributed by atoms with Crippen LogP contribution in [-0.2, 0) is 14.9 Å². The third-order valence-electron chi connectivity index (χ3n) is 8.44. The molecule has 0 aromatic carbocycles. The number of anilines is 3. The zero-order chi connectivity index (χ0) is 22.9. The first kappa shape index (κ1) is 20.6. The molecule has 2 aliphatic heterocycles. The van der Waals surface area contributed by atoms with Gasteiger partial charge in [0.05, 0.1) is 31.3 Å². The molecule has 1 saturated heterocycles. The van der Waals surface area contributed by atoms with Crippen molar-refractivity contribution in [1.82, 2.24) is 20.2 Å². The number of nitrogens with zero attached hydrogens (tertiary/aromatic N) is 4. The van der Waals surface area contributed by atoms with Gasteiger partial charge in [-0.05, 0) is 57.3 Å². The Morgan fingerprint density at radius 2 is 2.15 bits per heavy atom. The van der Waals surface area contributed by atoms with Gasteiger partial charge in [-0.25, -0.2) is 4.98 Å². The van der Waals surface area contributed by atoms with Crippen LogP contribution in [-0.4, -0.2) is 63.1 Å². The zero-order valence-corrected chi connectivity index (χ0v) is 19.1. The van der Waals surface area contributed by atoms with Crippen molar-refractivity contribution in [1.29, 1.82) is 0 Å². The molecule has 180 valence electrons. The standard InChI is InChI=1S/C24H30N6O4/c31-16-3-1-2-15(6-16)30-19-17(24(4-5-24)21(30)32)9-25-22(28-19)27-18-10-26-29-20(18)34-11-14-7-23(8-14)12-33-13-23/h9-10,14-16,31H,1-8,11-13H2,(H,26,29)(H,25,27,28)/t15-,16-/m1/s1. The maximum atomic E-state index is 13.4. The van der Waals surface area contributed by atoms with Crippen LogP contribution >= 0.6 is 0 Å². The Hall–Kier alpha value is -2.72. The van der Waals surface area contributed by atoms with E-state index in [2.05, 4.69) is 20.5 Å². The summed E-state index contributed by atoms with van der Waals surface area (Å²) in [4.78, 5) is 24.6. The molecule has 3 N–H and O–H groups in total. The number of aliphatic hydroxyl groups excluding tert-OH is 1. The van der Waals surface area contributed by atoms with Crippen molar-refractivity contribution >= 4 is 23.4 Å². The normalized spacial score (nSPS) is 28.5. The molecule has 1 amide bonds. The molecule has 0 radical (unpaired) electrons. The molecule has 7 rings (SSSR count). The summed E-state index contributed by atoms with van der Waals surface area (Å²) in [5, 5.41) is 20.6. The third kappa shape index (κ3) is 3.15. The average molecular weight is 467 g/mol. The van der Waals surface area contributed by atoms with Gasteiger partial charge in [-0.2, -0.15) is 4.98 Å². The van der Waals surface area contributed by atoms with Crippen molar-refractivity contribution < 1.29 is 19.4 Å². The highest BCUT2D eigenvalue weighted by atomic mass is 16.5. The number of rotatable bonds is 6. The van der Waals surface area contributed by atoms with Crippen molar-refractivity contribution in [2.75, 3.05) is 30.0 Å². The van der Waals surface area contributed by atoms with Gasteiger partial charge in [-0.3, -0.25) is 14.8 Å². The lowest BCUT2D eigenvalue weighted by Gasteiger charge is -2.53. The van der Waals surface area contributed by atoms with Crippen molar-refractivity contribution in [3.8, 4) is 5.88 Å². The molecule has 0 unspecified atom stereocenters. The molecule has 4 heterocycles. The number of nitrogens with one attached hydrogen (secondary N) is 2. The number of ether oxygens (including phenoxy) is 2. The number of amides is 1. The first-order valence-corrected chi connectivity index (χ1v) is 12.5. The molecule has 10 nitrogen and oxygen atoms in total. The van der Waals surface area contributed by atoms with E-state index in [1.807, 2.05) is 4.90 Å². The first-order valence-electron chi connectivity index (χ1n) is 12.5. The summed E-state index contributed by atoms with van der Waals surface area (Å²) in [6, 6.07) is -0.0163. The third-order valence-corrected chi connectivity index (χ3v) is 8.44. The van der Waals surface area contributed by atoms with Gasteiger partial charge in [0, 0.05) is 29.4 Å². The smallest absolute Gasteiger partial charge is 0.256 e. The highest BCUT2D eigenvalue weighted by Gasteiger charge is 2.61. The summed E-state index contributed by atoms with van der Waals surface area (Å²) in [5.41, 5.74) is 1.55. The van der Waals surface area contributed by atoms with E-state index in [4.69, 9.17) is 14.5 Å². The first-order chi connectivity index (χ1) is 16.6. The van der Waals surface area contributed by atoms with E-state index >= 15 is 0 Å². The fraction of sp³-hybridized carbons (Fsp3) is 0.667. The second-order valence-corrected chi connectivity index (χ2v) is 11.0. The van der Waals surface area contributed by atoms with Crippen LogP contribution in [0.1, 0.15) is 56.9 Å². The molecular weight excluding hydrogens is 436 g/mol. The highest BCUT2D eigenvalue weighted by molar-refractivity contribution is 6.09. The lowest BCUT2D eigenvalue weighted by molar-refractivity contribution is -0.183. The molecule has 2 atom stereocenters. The Morgan fingerprint density at radius 1 is 1.29 bits per heavy atom. The molecule has 2 aromatic rings. The van der Waals surface area contributed by atoms with Crippen LogP contribution in [0.15, 0.2) is 12.4 Å². The quantitative estimate of drug-likeness (QED) is 0.593. The zero-order valence-electron chi connectivity index (χ0n) is 19.1. The lowest BCUT2D eigenvalue weighted by Crippen LogP contribution is -2.53. The SMILES string of the molecule is O=C1N([C@@H]2CCC[C@@H](O)C2)c2nc(Nc3c[nH]nc3OCC3CC4(COC4)C3)ncc2C12CC2. The fourth-order valence-corrected chi connectivity index (χ4v) is 6.42. The Balaban J connectivity index is 1.09. The van der Waals surface area contributed by atoms with Crippen molar-refractivity contribution in [2.24, 2.45) is 11.3 Å². The summed E-state index contributed by atoms with van der Waals surface area (Å²) >= 11 is 0. The molecule has 3 aliphatic carbocycles. The number of carbonyl (C=O) groups excluding carboxylic acids is 1. The minimum absolute atomic E-state index is 0.0163. The molecule has 4 fully saturated rings. The number of hydrogen-bond acceptors (Lipinski definition) is 8. The molecule has 0 bridgehead atoms. The van der Waals surface area contributed by atoms with E-state index < -0.39 is 5.41 Å². The van der Waals surface area contributed by atoms with Crippen LogP contribution in [0.4, 0.5) is 17.5 Å². The summed E-state index contributed by atoms with van der Waals surface area (Å²) in [6.45, 7) is 2.39. The summed E-state index contributed by atoms with van der Waals surface area (Å²) < 4.78 is 11.4. The number of aliphatic hydroxyl groups is 1. The minimum atomic E-state index is -0.453. The number of hydrogen-bond donors (Lipinski definition) is 3. The van der Waals surface area contributed by atoms with Crippen LogP contribution < -0.4 is 15.0 Å². The Kier molecular flexibility index (Phi) is 4.48. The number of fused-ring (bicyclic) bond motifs is 2. The van der Waals surface area contributed by atoms with E-state index in [0.717, 1.165) is 63.7 Å². The average Bonchev–Trinajstić information content (AvgIpc) is 3.40. The van der Waals surface area contributed by atoms with Gasteiger partial charge in [0.15, 0.2) is 0 Å². The van der Waals surface area contributed by atoms with Gasteiger partial charge in [-0.1, -0.05) is 0 Å². The van der Waals surface area contributed by atoms with E-state index in [9.17, 15) is 9.90 Å². The Morgan fingerprint density at radius 3 is 2.88 bits per heavy atom. The number of aromatic nitrogens is 4. The van der Waals surface area contributed by atoms with E-state index in [1.165, 1.54) is 0 Å². The van der Waals surface area contributed by atoms with Crippen LogP contribution in [0.5, 0.6) is 5.88 Å². The maximum Gasteiger partial charge on any atom is 0.256 e. The molecule has 3 saturated carbocycles. The van der Waals surface area contributed by atoms with Crippen LogP contribution in [0.25, 0.3) is 0 Å². The van der Waals surface area contributed by atoms with Gasteiger partial charge in [0.1, 0.15) is 11.5 Å². The van der Waals surface area contributed by atoms with E-state index in [-0.39, 0.29) is 18.1 Å². The minimum Gasteiger partial charge on any atom is -0.475 e. The molecule has 2 spiro atoms. The van der Waals surface area contributed by atoms with Crippen LogP contribution in [0, 0.1) is 11.3 Å². The summed E-state index contributed by atoms with van der Waals surface area (Å²) in [7, 11) is 0. The van der Waals surface area contributed by atoms with Crippen LogP contribution in [0.3, 0.4) is 0 Å². The number of carbonyl (C=O) groups is 1. The van der Waals surface area contributed by atoms with Crippen molar-refractivity contribution in [3.63, 3.8) is 0 Å². The number of aromatic amines is 1. The monoisotopic (exact) mass is 466 g/mol.